The molecular formula is C33H25NO6. The van der Waals surface area contributed by atoms with E-state index in [1.165, 1.54) is 4.90 Å². The molecule has 7 heteroatoms. The van der Waals surface area contributed by atoms with E-state index in [0.29, 0.717) is 22.9 Å². The third-order valence-corrected chi connectivity index (χ3v) is 8.32. The standard InChI is InChI=1S/C33H25NO6/c1-38-21-12-7-19(8-13-21)25-17-26-24-16-9-18-5-3-4-6-23(18)30(24)40-33(37)28(26)29-27(25)31(35)34(32(29)36)20-10-14-22(39-2)15-11-20/h3-17,25,27-29H,1-2H3/t25-,27+,28-,29+/m0/s1. The van der Waals surface area contributed by atoms with E-state index in [1.807, 2.05) is 66.7 Å². The predicted molar refractivity (Wildman–Crippen MR) is 149 cm³/mol. The Balaban J connectivity index is 1.42. The van der Waals surface area contributed by atoms with Gasteiger partial charge in [0, 0.05) is 16.9 Å². The van der Waals surface area contributed by atoms with Crippen LogP contribution in [0.25, 0.3) is 16.3 Å². The lowest BCUT2D eigenvalue weighted by Crippen LogP contribution is -2.42. The molecule has 4 atom stereocenters. The predicted octanol–water partition coefficient (Wildman–Crippen LogP) is 5.38. The zero-order valence-corrected chi connectivity index (χ0v) is 21.9. The molecule has 0 radical (unpaired) electrons. The van der Waals surface area contributed by atoms with E-state index >= 15 is 0 Å². The van der Waals surface area contributed by atoms with Gasteiger partial charge in [0.2, 0.25) is 11.8 Å². The fraction of sp³-hybridized carbons (Fsp3) is 0.182. The number of fused-ring (bicyclic) bond motifs is 7. The Bertz CT molecular complexity index is 1720. The smallest absolute Gasteiger partial charge is 0.319 e. The molecule has 4 aromatic carbocycles. The van der Waals surface area contributed by atoms with Crippen molar-refractivity contribution in [2.24, 2.45) is 17.8 Å². The van der Waals surface area contributed by atoms with E-state index in [1.54, 1.807) is 38.5 Å². The maximum absolute atomic E-state index is 14.1. The molecule has 0 aromatic heterocycles. The fourth-order valence-corrected chi connectivity index (χ4v) is 6.43. The third kappa shape index (κ3) is 3.47. The first-order valence-corrected chi connectivity index (χ1v) is 13.1. The van der Waals surface area contributed by atoms with E-state index in [-0.39, 0.29) is 5.91 Å². The molecule has 4 aromatic rings. The Kier molecular flexibility index (Phi) is 5.49. The van der Waals surface area contributed by atoms with Crippen molar-refractivity contribution >= 4 is 39.8 Å². The van der Waals surface area contributed by atoms with Crippen LogP contribution in [0.3, 0.4) is 0 Å². The van der Waals surface area contributed by atoms with E-state index in [9.17, 15) is 14.4 Å². The van der Waals surface area contributed by atoms with Gasteiger partial charge in [-0.3, -0.25) is 14.4 Å². The highest BCUT2D eigenvalue weighted by Gasteiger charge is 2.60. The van der Waals surface area contributed by atoms with Crippen molar-refractivity contribution < 1.29 is 28.6 Å². The van der Waals surface area contributed by atoms with Crippen molar-refractivity contribution in [2.45, 2.75) is 5.92 Å². The number of rotatable bonds is 4. The van der Waals surface area contributed by atoms with Crippen LogP contribution in [0.2, 0.25) is 0 Å². The Hall–Kier alpha value is -4.91. The fourth-order valence-electron chi connectivity index (χ4n) is 6.43. The zero-order chi connectivity index (χ0) is 27.5. The summed E-state index contributed by atoms with van der Waals surface area (Å²) >= 11 is 0. The number of allylic oxidation sites excluding steroid dienone is 1. The maximum Gasteiger partial charge on any atom is 0.319 e. The van der Waals surface area contributed by atoms with Gasteiger partial charge in [-0.05, 0) is 52.9 Å². The second-order valence-corrected chi connectivity index (χ2v) is 10.2. The largest absolute Gasteiger partial charge is 0.497 e. The quantitative estimate of drug-likeness (QED) is 0.200. The van der Waals surface area contributed by atoms with E-state index in [0.717, 1.165) is 27.5 Å². The Morgan fingerprint density at radius 1 is 0.725 bits per heavy atom. The summed E-state index contributed by atoms with van der Waals surface area (Å²) < 4.78 is 16.6. The van der Waals surface area contributed by atoms with Crippen molar-refractivity contribution in [3.8, 4) is 17.2 Å². The lowest BCUT2D eigenvalue weighted by atomic mass is 9.64. The third-order valence-electron chi connectivity index (χ3n) is 8.32. The first-order chi connectivity index (χ1) is 19.5. The number of hydrogen-bond donors (Lipinski definition) is 0. The van der Waals surface area contributed by atoms with Crippen LogP contribution >= 0.6 is 0 Å². The van der Waals surface area contributed by atoms with Crippen LogP contribution in [0, 0.1) is 17.8 Å². The van der Waals surface area contributed by atoms with Gasteiger partial charge < -0.3 is 14.2 Å². The zero-order valence-electron chi connectivity index (χ0n) is 21.9. The molecule has 2 amide bonds. The molecule has 198 valence electrons. The van der Waals surface area contributed by atoms with Crippen LogP contribution in [0.1, 0.15) is 17.0 Å². The highest BCUT2D eigenvalue weighted by atomic mass is 16.5. The highest BCUT2D eigenvalue weighted by Crippen LogP contribution is 2.55. The van der Waals surface area contributed by atoms with Gasteiger partial charge >= 0.3 is 5.97 Å². The van der Waals surface area contributed by atoms with Gasteiger partial charge in [0.1, 0.15) is 17.2 Å². The van der Waals surface area contributed by atoms with Crippen molar-refractivity contribution in [3.63, 3.8) is 0 Å². The van der Waals surface area contributed by atoms with E-state index in [2.05, 4.69) is 0 Å². The molecule has 3 aliphatic rings. The molecule has 0 unspecified atom stereocenters. The summed E-state index contributed by atoms with van der Waals surface area (Å²) in [5.41, 5.74) is 2.79. The van der Waals surface area contributed by atoms with Gasteiger partial charge in [-0.25, -0.2) is 4.90 Å². The average Bonchev–Trinajstić information content (AvgIpc) is 3.26. The summed E-state index contributed by atoms with van der Waals surface area (Å²) in [6, 6.07) is 25.9. The summed E-state index contributed by atoms with van der Waals surface area (Å²) in [6.07, 6.45) is 1.99. The summed E-state index contributed by atoms with van der Waals surface area (Å²) in [5, 5.41) is 1.77. The summed E-state index contributed by atoms with van der Waals surface area (Å²) in [6.45, 7) is 0. The van der Waals surface area contributed by atoms with Gasteiger partial charge in [0.25, 0.3) is 0 Å². The topological polar surface area (TPSA) is 82.1 Å². The molecule has 40 heavy (non-hydrogen) atoms. The number of esters is 1. The minimum Gasteiger partial charge on any atom is -0.497 e. The van der Waals surface area contributed by atoms with Crippen LogP contribution in [0.15, 0.2) is 91.0 Å². The second-order valence-electron chi connectivity index (χ2n) is 10.2. The number of ether oxygens (including phenoxy) is 3. The Morgan fingerprint density at radius 2 is 1.38 bits per heavy atom. The molecule has 2 aliphatic heterocycles. The molecule has 1 aliphatic carbocycles. The van der Waals surface area contributed by atoms with Crippen LogP contribution < -0.4 is 19.1 Å². The highest BCUT2D eigenvalue weighted by molar-refractivity contribution is 6.24. The number of carbonyl (C=O) groups is 3. The number of methoxy groups -OCH3 is 2. The molecule has 7 nitrogen and oxygen atoms in total. The van der Waals surface area contributed by atoms with Gasteiger partial charge in [-0.15, -0.1) is 0 Å². The minimum absolute atomic E-state index is 0.339. The van der Waals surface area contributed by atoms with Gasteiger partial charge in [-0.1, -0.05) is 54.6 Å². The molecule has 0 spiro atoms. The summed E-state index contributed by atoms with van der Waals surface area (Å²) in [4.78, 5) is 43.1. The first-order valence-electron chi connectivity index (χ1n) is 13.1. The number of imide groups is 1. The molecule has 1 fully saturated rings. The lowest BCUT2D eigenvalue weighted by molar-refractivity contribution is -0.142. The van der Waals surface area contributed by atoms with Crippen molar-refractivity contribution in [3.05, 3.63) is 102 Å². The number of hydrogen-bond acceptors (Lipinski definition) is 6. The number of nitrogens with zero attached hydrogens (tertiary/aromatic N) is 1. The number of anilines is 1. The number of amides is 2. The van der Waals surface area contributed by atoms with Crippen LogP contribution in [0.5, 0.6) is 17.2 Å². The van der Waals surface area contributed by atoms with Crippen LogP contribution in [-0.4, -0.2) is 32.0 Å². The number of carbonyl (C=O) groups excluding carboxylic acids is 3. The molecule has 7 rings (SSSR count). The lowest BCUT2D eigenvalue weighted by Gasteiger charge is -2.38. The Morgan fingerprint density at radius 3 is 2.08 bits per heavy atom. The molecule has 0 N–H and O–H groups in total. The van der Waals surface area contributed by atoms with E-state index < -0.39 is 35.5 Å². The maximum atomic E-state index is 14.1. The Labute approximate surface area is 230 Å². The summed E-state index contributed by atoms with van der Waals surface area (Å²) in [5.74, 6) is -2.49. The normalized spacial score (nSPS) is 23.2. The van der Waals surface area contributed by atoms with Crippen LogP contribution in [-0.2, 0) is 14.4 Å². The molecule has 1 saturated heterocycles. The van der Waals surface area contributed by atoms with Crippen molar-refractivity contribution in [1.29, 1.82) is 0 Å². The molecule has 0 bridgehead atoms. The molecule has 0 saturated carbocycles. The van der Waals surface area contributed by atoms with Crippen molar-refractivity contribution in [2.75, 3.05) is 19.1 Å². The monoisotopic (exact) mass is 531 g/mol. The minimum atomic E-state index is -0.908. The van der Waals surface area contributed by atoms with Gasteiger partial charge in [-0.2, -0.15) is 0 Å². The van der Waals surface area contributed by atoms with Gasteiger partial charge in [0.05, 0.1) is 37.7 Å². The SMILES string of the molecule is COc1ccc([C@@H]2C=C3c4ccc5ccccc5c4OC(=O)[C@@H]3[C@@H]3C(=O)N(c4ccc(OC)cc4)C(=O)[C@@H]32)cc1. The first kappa shape index (κ1) is 24.2. The molecular weight excluding hydrogens is 506 g/mol. The molecule has 2 heterocycles. The van der Waals surface area contributed by atoms with Crippen molar-refractivity contribution in [1.82, 2.24) is 0 Å². The summed E-state index contributed by atoms with van der Waals surface area (Å²) in [7, 11) is 3.15. The van der Waals surface area contributed by atoms with Gasteiger partial charge in [0.15, 0.2) is 0 Å². The average molecular weight is 532 g/mol. The van der Waals surface area contributed by atoms with Crippen LogP contribution in [0.4, 0.5) is 5.69 Å². The van der Waals surface area contributed by atoms with E-state index in [4.69, 9.17) is 14.2 Å². The second kappa shape index (κ2) is 9.09. The number of benzene rings is 4.